The van der Waals surface area contributed by atoms with Crippen molar-refractivity contribution in [1.29, 1.82) is 0 Å². The zero-order valence-electron chi connectivity index (χ0n) is 17.3. The van der Waals surface area contributed by atoms with Crippen LogP contribution in [0.4, 0.5) is 0 Å². The minimum atomic E-state index is -0.119. The number of likely N-dealkylation sites (tertiary alicyclic amines) is 1. The van der Waals surface area contributed by atoms with Crippen LogP contribution in [0.2, 0.25) is 0 Å². The number of aryl methyl sites for hydroxylation is 1. The summed E-state index contributed by atoms with van der Waals surface area (Å²) in [5, 5.41) is 7.47. The van der Waals surface area contributed by atoms with Gasteiger partial charge in [-0.25, -0.2) is 0 Å². The summed E-state index contributed by atoms with van der Waals surface area (Å²) in [4.78, 5) is 26.7. The van der Waals surface area contributed by atoms with E-state index in [1.807, 2.05) is 11.8 Å². The molecule has 0 saturated carbocycles. The molecular formula is C20H35N5O2. The number of nitrogens with two attached hydrogens (primary N) is 1. The minimum Gasteiger partial charge on any atom is -0.355 e. The van der Waals surface area contributed by atoms with Crippen LogP contribution in [0.15, 0.2) is 0 Å². The molecule has 0 bridgehead atoms. The Labute approximate surface area is 162 Å². The monoisotopic (exact) mass is 377 g/mol. The SMILES string of the molecule is Cc1nn(CC(C)C)c(C)c1CCC(=O)N1CCCC(C(=O)NCCN)C1. The van der Waals surface area contributed by atoms with Gasteiger partial charge >= 0.3 is 0 Å². The number of hydrogen-bond acceptors (Lipinski definition) is 4. The lowest BCUT2D eigenvalue weighted by molar-refractivity contribution is -0.135. The van der Waals surface area contributed by atoms with Gasteiger partial charge in [0.25, 0.3) is 0 Å². The zero-order valence-corrected chi connectivity index (χ0v) is 17.3. The Kier molecular flexibility index (Phi) is 7.83. The van der Waals surface area contributed by atoms with Gasteiger partial charge in [0, 0.05) is 44.8 Å². The molecule has 2 amide bonds. The maximum absolute atomic E-state index is 12.7. The van der Waals surface area contributed by atoms with E-state index >= 15 is 0 Å². The molecule has 1 aliphatic heterocycles. The van der Waals surface area contributed by atoms with Crippen molar-refractivity contribution in [2.24, 2.45) is 17.6 Å². The van der Waals surface area contributed by atoms with Crippen LogP contribution in [0, 0.1) is 25.7 Å². The summed E-state index contributed by atoms with van der Waals surface area (Å²) in [5.41, 5.74) is 8.79. The van der Waals surface area contributed by atoms with Crippen LogP contribution in [0.25, 0.3) is 0 Å². The Balaban J connectivity index is 1.92. The van der Waals surface area contributed by atoms with Gasteiger partial charge in [-0.3, -0.25) is 14.3 Å². The van der Waals surface area contributed by atoms with Gasteiger partial charge in [-0.1, -0.05) is 13.8 Å². The topological polar surface area (TPSA) is 93.2 Å². The fraction of sp³-hybridized carbons (Fsp3) is 0.750. The first-order valence-electron chi connectivity index (χ1n) is 10.1. The summed E-state index contributed by atoms with van der Waals surface area (Å²) in [6.07, 6.45) is 2.87. The molecule has 2 rings (SSSR count). The predicted molar refractivity (Wildman–Crippen MR) is 106 cm³/mol. The van der Waals surface area contributed by atoms with Crippen LogP contribution in [-0.2, 0) is 22.6 Å². The third-order valence-electron chi connectivity index (χ3n) is 5.25. The summed E-state index contributed by atoms with van der Waals surface area (Å²) in [5.74, 6) is 0.557. The highest BCUT2D eigenvalue weighted by molar-refractivity contribution is 5.81. The lowest BCUT2D eigenvalue weighted by atomic mass is 9.96. The lowest BCUT2D eigenvalue weighted by Gasteiger charge is -2.32. The highest BCUT2D eigenvalue weighted by Crippen LogP contribution is 2.20. The molecule has 7 nitrogen and oxygen atoms in total. The van der Waals surface area contributed by atoms with Crippen LogP contribution in [0.1, 0.15) is 50.1 Å². The second-order valence-corrected chi connectivity index (χ2v) is 7.98. The number of carbonyl (C=O) groups is 2. The third kappa shape index (κ3) is 5.79. The molecule has 27 heavy (non-hydrogen) atoms. The zero-order chi connectivity index (χ0) is 20.0. The van der Waals surface area contributed by atoms with Crippen molar-refractivity contribution in [2.45, 2.75) is 59.9 Å². The van der Waals surface area contributed by atoms with Crippen molar-refractivity contribution < 1.29 is 9.59 Å². The van der Waals surface area contributed by atoms with Crippen molar-refractivity contribution in [3.05, 3.63) is 17.0 Å². The van der Waals surface area contributed by atoms with E-state index < -0.39 is 0 Å². The van der Waals surface area contributed by atoms with Crippen LogP contribution in [0.5, 0.6) is 0 Å². The first-order valence-corrected chi connectivity index (χ1v) is 10.1. The van der Waals surface area contributed by atoms with E-state index in [4.69, 9.17) is 5.73 Å². The maximum atomic E-state index is 12.7. The van der Waals surface area contributed by atoms with E-state index in [0.29, 0.717) is 38.4 Å². The summed E-state index contributed by atoms with van der Waals surface area (Å²) in [6, 6.07) is 0. The van der Waals surface area contributed by atoms with Gasteiger partial charge < -0.3 is 16.0 Å². The fourth-order valence-electron chi connectivity index (χ4n) is 3.77. The molecule has 1 atom stereocenters. The minimum absolute atomic E-state index is 0.0135. The first kappa shape index (κ1) is 21.4. The number of nitrogens with zero attached hydrogens (tertiary/aromatic N) is 3. The Morgan fingerprint density at radius 2 is 2.07 bits per heavy atom. The molecule has 1 aliphatic rings. The maximum Gasteiger partial charge on any atom is 0.224 e. The summed E-state index contributed by atoms with van der Waals surface area (Å²) in [7, 11) is 0. The van der Waals surface area contributed by atoms with Crippen molar-refractivity contribution in [2.75, 3.05) is 26.2 Å². The summed E-state index contributed by atoms with van der Waals surface area (Å²) < 4.78 is 2.05. The van der Waals surface area contributed by atoms with E-state index in [1.165, 1.54) is 5.56 Å². The number of nitrogens with one attached hydrogen (secondary N) is 1. The Bertz CT molecular complexity index is 653. The standard InChI is InChI=1S/C20H35N5O2/c1-14(2)12-25-16(4)18(15(3)23-25)7-8-19(26)24-11-5-6-17(13-24)20(27)22-10-9-21/h14,17H,5-13,21H2,1-4H3,(H,22,27). The largest absolute Gasteiger partial charge is 0.355 e. The Morgan fingerprint density at radius 1 is 1.33 bits per heavy atom. The number of aromatic nitrogens is 2. The number of carbonyl (C=O) groups excluding carboxylic acids is 2. The Hall–Kier alpha value is -1.89. The molecule has 2 heterocycles. The second-order valence-electron chi connectivity index (χ2n) is 7.98. The third-order valence-corrected chi connectivity index (χ3v) is 5.25. The molecule has 152 valence electrons. The molecule has 7 heteroatoms. The van der Waals surface area contributed by atoms with Crippen LogP contribution in [-0.4, -0.2) is 52.7 Å². The van der Waals surface area contributed by atoms with Crippen molar-refractivity contribution in [3.8, 4) is 0 Å². The number of amides is 2. The molecule has 1 saturated heterocycles. The number of hydrogen-bond donors (Lipinski definition) is 2. The molecule has 0 spiro atoms. The van der Waals surface area contributed by atoms with Crippen molar-refractivity contribution in [1.82, 2.24) is 20.0 Å². The predicted octanol–water partition coefficient (Wildman–Crippen LogP) is 1.40. The molecule has 0 radical (unpaired) electrons. The van der Waals surface area contributed by atoms with Crippen LogP contribution < -0.4 is 11.1 Å². The molecule has 1 aromatic rings. The van der Waals surface area contributed by atoms with E-state index in [0.717, 1.165) is 37.3 Å². The Morgan fingerprint density at radius 3 is 2.74 bits per heavy atom. The van der Waals surface area contributed by atoms with Crippen LogP contribution >= 0.6 is 0 Å². The highest BCUT2D eigenvalue weighted by atomic mass is 16.2. The highest BCUT2D eigenvalue weighted by Gasteiger charge is 2.28. The fourth-order valence-corrected chi connectivity index (χ4v) is 3.77. The second kappa shape index (κ2) is 9.88. The van der Waals surface area contributed by atoms with Gasteiger partial charge in [0.15, 0.2) is 0 Å². The van der Waals surface area contributed by atoms with Gasteiger partial charge in [-0.2, -0.15) is 5.10 Å². The smallest absolute Gasteiger partial charge is 0.224 e. The first-order chi connectivity index (χ1) is 12.8. The summed E-state index contributed by atoms with van der Waals surface area (Å²) in [6.45, 7) is 11.5. The molecule has 0 aliphatic carbocycles. The van der Waals surface area contributed by atoms with Gasteiger partial charge in [0.2, 0.25) is 11.8 Å². The lowest BCUT2D eigenvalue weighted by Crippen LogP contribution is -2.46. The van der Waals surface area contributed by atoms with Gasteiger partial charge in [-0.15, -0.1) is 0 Å². The average Bonchev–Trinajstić information content (AvgIpc) is 2.90. The van der Waals surface area contributed by atoms with Gasteiger partial charge in [0.05, 0.1) is 11.6 Å². The summed E-state index contributed by atoms with van der Waals surface area (Å²) >= 11 is 0. The van der Waals surface area contributed by atoms with Crippen molar-refractivity contribution >= 4 is 11.8 Å². The quantitative estimate of drug-likeness (QED) is 0.716. The number of rotatable bonds is 8. The molecule has 1 fully saturated rings. The molecule has 1 unspecified atom stereocenters. The van der Waals surface area contributed by atoms with E-state index in [1.54, 1.807) is 0 Å². The normalized spacial score (nSPS) is 17.4. The molecule has 3 N–H and O–H groups in total. The molecule has 0 aromatic carbocycles. The van der Waals surface area contributed by atoms with E-state index in [9.17, 15) is 9.59 Å². The molecule has 1 aromatic heterocycles. The van der Waals surface area contributed by atoms with E-state index in [-0.39, 0.29) is 17.7 Å². The number of piperidine rings is 1. The molecular weight excluding hydrogens is 342 g/mol. The van der Waals surface area contributed by atoms with Gasteiger partial charge in [-0.05, 0) is 44.6 Å². The van der Waals surface area contributed by atoms with E-state index in [2.05, 4.69) is 35.9 Å². The van der Waals surface area contributed by atoms with Gasteiger partial charge in [0.1, 0.15) is 0 Å². The average molecular weight is 378 g/mol. The van der Waals surface area contributed by atoms with Crippen LogP contribution in [0.3, 0.4) is 0 Å². The van der Waals surface area contributed by atoms with Crippen molar-refractivity contribution in [3.63, 3.8) is 0 Å².